The molecule has 0 radical (unpaired) electrons. The lowest BCUT2D eigenvalue weighted by Crippen LogP contribution is -2.22. The summed E-state index contributed by atoms with van der Waals surface area (Å²) in [6.45, 7) is 0. The average molecular weight is 204 g/mol. The summed E-state index contributed by atoms with van der Waals surface area (Å²) < 4.78 is 0. The lowest BCUT2D eigenvalue weighted by atomic mass is 9.90. The van der Waals surface area contributed by atoms with E-state index in [0.717, 1.165) is 5.69 Å². The molecule has 0 bridgehead atoms. The van der Waals surface area contributed by atoms with Crippen molar-refractivity contribution in [2.24, 2.45) is 11.7 Å². The van der Waals surface area contributed by atoms with Crippen LogP contribution in [-0.2, 0) is 0 Å². The first kappa shape index (κ1) is 10.6. The molecule has 0 spiro atoms. The highest BCUT2D eigenvalue weighted by Crippen LogP contribution is 2.30. The number of aromatic nitrogens is 1. The molecule has 1 heterocycles. The minimum absolute atomic E-state index is 0.143. The van der Waals surface area contributed by atoms with Crippen LogP contribution in [0.15, 0.2) is 24.4 Å². The Balaban J connectivity index is 2.03. The molecule has 1 aromatic rings. The third-order valence-electron chi connectivity index (χ3n) is 3.44. The van der Waals surface area contributed by atoms with Gasteiger partial charge in [-0.2, -0.15) is 0 Å². The van der Waals surface area contributed by atoms with Crippen molar-refractivity contribution in [3.63, 3.8) is 0 Å². The SMILES string of the molecule is NC(c1ccccn1)C1CCCCCC1. The van der Waals surface area contributed by atoms with Crippen LogP contribution in [0, 0.1) is 5.92 Å². The summed E-state index contributed by atoms with van der Waals surface area (Å²) in [7, 11) is 0. The molecule has 2 nitrogen and oxygen atoms in total. The molecule has 1 saturated carbocycles. The minimum atomic E-state index is 0.143. The minimum Gasteiger partial charge on any atom is -0.322 e. The van der Waals surface area contributed by atoms with Gasteiger partial charge in [-0.05, 0) is 30.9 Å². The highest BCUT2D eigenvalue weighted by Gasteiger charge is 2.21. The lowest BCUT2D eigenvalue weighted by molar-refractivity contribution is 0.377. The molecule has 1 unspecified atom stereocenters. The summed E-state index contributed by atoms with van der Waals surface area (Å²) in [5.74, 6) is 0.641. The smallest absolute Gasteiger partial charge is 0.0573 e. The van der Waals surface area contributed by atoms with Gasteiger partial charge in [-0.3, -0.25) is 4.98 Å². The van der Waals surface area contributed by atoms with Gasteiger partial charge in [0.15, 0.2) is 0 Å². The normalized spacial score (nSPS) is 20.9. The summed E-state index contributed by atoms with van der Waals surface area (Å²) >= 11 is 0. The maximum Gasteiger partial charge on any atom is 0.0573 e. The fourth-order valence-electron chi connectivity index (χ4n) is 2.48. The molecule has 1 aromatic heterocycles. The van der Waals surface area contributed by atoms with Gasteiger partial charge < -0.3 is 5.73 Å². The number of nitrogens with two attached hydrogens (primary N) is 1. The first-order valence-electron chi connectivity index (χ1n) is 6.04. The highest BCUT2D eigenvalue weighted by molar-refractivity contribution is 5.09. The first-order chi connectivity index (χ1) is 7.38. The van der Waals surface area contributed by atoms with Gasteiger partial charge in [-0.15, -0.1) is 0 Å². The van der Waals surface area contributed by atoms with Crippen LogP contribution in [-0.4, -0.2) is 4.98 Å². The van der Waals surface area contributed by atoms with E-state index in [9.17, 15) is 0 Å². The van der Waals surface area contributed by atoms with Gasteiger partial charge in [0.1, 0.15) is 0 Å². The molecule has 1 aliphatic rings. The maximum atomic E-state index is 6.28. The molecule has 1 fully saturated rings. The lowest BCUT2D eigenvalue weighted by Gasteiger charge is -2.21. The quantitative estimate of drug-likeness (QED) is 0.752. The highest BCUT2D eigenvalue weighted by atomic mass is 14.8. The van der Waals surface area contributed by atoms with Crippen molar-refractivity contribution in [1.29, 1.82) is 0 Å². The topological polar surface area (TPSA) is 38.9 Å². The molecule has 15 heavy (non-hydrogen) atoms. The zero-order valence-electron chi connectivity index (χ0n) is 9.23. The van der Waals surface area contributed by atoms with Crippen LogP contribution in [0.2, 0.25) is 0 Å². The Morgan fingerprint density at radius 1 is 1.13 bits per heavy atom. The fraction of sp³-hybridized carbons (Fsp3) is 0.615. The van der Waals surface area contributed by atoms with Crippen LogP contribution in [0.4, 0.5) is 0 Å². The molecule has 82 valence electrons. The van der Waals surface area contributed by atoms with Crippen LogP contribution in [0.5, 0.6) is 0 Å². The molecule has 2 heteroatoms. The zero-order valence-corrected chi connectivity index (χ0v) is 9.23. The van der Waals surface area contributed by atoms with Gasteiger partial charge in [0, 0.05) is 12.2 Å². The Bertz CT molecular complexity index is 276. The van der Waals surface area contributed by atoms with E-state index in [1.807, 2.05) is 18.3 Å². The molecule has 0 aliphatic heterocycles. The molecule has 2 N–H and O–H groups in total. The second-order valence-electron chi connectivity index (χ2n) is 4.53. The molecule has 0 saturated heterocycles. The van der Waals surface area contributed by atoms with E-state index in [0.29, 0.717) is 5.92 Å². The van der Waals surface area contributed by atoms with Crippen molar-refractivity contribution in [1.82, 2.24) is 4.98 Å². The van der Waals surface area contributed by atoms with Crippen LogP contribution in [0.25, 0.3) is 0 Å². The molecular weight excluding hydrogens is 184 g/mol. The summed E-state index contributed by atoms with van der Waals surface area (Å²) in [5, 5.41) is 0. The second-order valence-corrected chi connectivity index (χ2v) is 4.53. The fourth-order valence-corrected chi connectivity index (χ4v) is 2.48. The van der Waals surface area contributed by atoms with E-state index in [2.05, 4.69) is 11.1 Å². The van der Waals surface area contributed by atoms with E-state index in [1.54, 1.807) is 0 Å². The third kappa shape index (κ3) is 2.78. The summed E-state index contributed by atoms with van der Waals surface area (Å²) in [4.78, 5) is 4.36. The Hall–Kier alpha value is -0.890. The number of rotatable bonds is 2. The van der Waals surface area contributed by atoms with E-state index >= 15 is 0 Å². The molecule has 1 aliphatic carbocycles. The second kappa shape index (κ2) is 5.26. The molecule has 2 rings (SSSR count). The molecule has 0 amide bonds. The van der Waals surface area contributed by atoms with Crippen molar-refractivity contribution < 1.29 is 0 Å². The van der Waals surface area contributed by atoms with Crippen LogP contribution >= 0.6 is 0 Å². The van der Waals surface area contributed by atoms with Crippen molar-refractivity contribution >= 4 is 0 Å². The Morgan fingerprint density at radius 3 is 2.47 bits per heavy atom. The van der Waals surface area contributed by atoms with Crippen LogP contribution in [0.3, 0.4) is 0 Å². The predicted molar refractivity (Wildman–Crippen MR) is 62.4 cm³/mol. The van der Waals surface area contributed by atoms with Crippen LogP contribution in [0.1, 0.15) is 50.3 Å². The Kier molecular flexibility index (Phi) is 3.73. The molecular formula is C13H20N2. The zero-order chi connectivity index (χ0) is 10.5. The first-order valence-corrected chi connectivity index (χ1v) is 6.04. The van der Waals surface area contributed by atoms with Crippen LogP contribution < -0.4 is 5.73 Å². The van der Waals surface area contributed by atoms with E-state index in [1.165, 1.54) is 38.5 Å². The largest absolute Gasteiger partial charge is 0.322 e. The van der Waals surface area contributed by atoms with Gasteiger partial charge in [0.25, 0.3) is 0 Å². The summed E-state index contributed by atoms with van der Waals surface area (Å²) in [6.07, 6.45) is 9.83. The van der Waals surface area contributed by atoms with Crippen molar-refractivity contribution in [2.45, 2.75) is 44.6 Å². The monoisotopic (exact) mass is 204 g/mol. The molecule has 1 atom stereocenters. The number of hydrogen-bond donors (Lipinski definition) is 1. The third-order valence-corrected chi connectivity index (χ3v) is 3.44. The van der Waals surface area contributed by atoms with Crippen molar-refractivity contribution in [3.8, 4) is 0 Å². The van der Waals surface area contributed by atoms with Gasteiger partial charge >= 0.3 is 0 Å². The van der Waals surface area contributed by atoms with Gasteiger partial charge in [0.05, 0.1) is 5.69 Å². The Morgan fingerprint density at radius 2 is 1.87 bits per heavy atom. The van der Waals surface area contributed by atoms with Gasteiger partial charge in [-0.1, -0.05) is 31.7 Å². The average Bonchev–Trinajstić information content (AvgIpc) is 2.58. The number of hydrogen-bond acceptors (Lipinski definition) is 2. The van der Waals surface area contributed by atoms with E-state index < -0.39 is 0 Å². The van der Waals surface area contributed by atoms with Crippen molar-refractivity contribution in [2.75, 3.05) is 0 Å². The number of nitrogens with zero attached hydrogens (tertiary/aromatic N) is 1. The summed E-state index contributed by atoms with van der Waals surface area (Å²) in [6, 6.07) is 6.17. The van der Waals surface area contributed by atoms with Gasteiger partial charge in [-0.25, -0.2) is 0 Å². The maximum absolute atomic E-state index is 6.28. The summed E-state index contributed by atoms with van der Waals surface area (Å²) in [5.41, 5.74) is 7.34. The Labute approximate surface area is 91.9 Å². The molecule has 0 aromatic carbocycles. The van der Waals surface area contributed by atoms with E-state index in [-0.39, 0.29) is 6.04 Å². The van der Waals surface area contributed by atoms with Gasteiger partial charge in [0.2, 0.25) is 0 Å². The van der Waals surface area contributed by atoms with Crippen molar-refractivity contribution in [3.05, 3.63) is 30.1 Å². The standard InChI is InChI=1S/C13H20N2/c14-13(12-9-5-6-10-15-12)11-7-3-1-2-4-8-11/h5-6,9-11,13H,1-4,7-8,14H2. The number of pyridine rings is 1. The predicted octanol–water partition coefficient (Wildman–Crippen LogP) is 3.05. The van der Waals surface area contributed by atoms with E-state index in [4.69, 9.17) is 5.73 Å².